The molecule has 0 aliphatic heterocycles. The van der Waals surface area contributed by atoms with Gasteiger partial charge < -0.3 is 5.73 Å². The summed E-state index contributed by atoms with van der Waals surface area (Å²) in [6.07, 6.45) is 0. The van der Waals surface area contributed by atoms with Crippen molar-refractivity contribution in [1.82, 2.24) is 0 Å². The molecule has 2 aromatic rings. The minimum Gasteiger partial charge on any atom is -0.326 e. The summed E-state index contributed by atoms with van der Waals surface area (Å²) in [5.41, 5.74) is 9.41. The Morgan fingerprint density at radius 1 is 1.00 bits per heavy atom. The fourth-order valence-corrected chi connectivity index (χ4v) is 1.66. The Bertz CT molecular complexity index is 494. The van der Waals surface area contributed by atoms with E-state index in [2.05, 4.69) is 0 Å². The van der Waals surface area contributed by atoms with Gasteiger partial charge in [-0.25, -0.2) is 4.39 Å². The molecule has 0 saturated carbocycles. The summed E-state index contributed by atoms with van der Waals surface area (Å²) >= 11 is 0. The Morgan fingerprint density at radius 3 is 2.12 bits per heavy atom. The molecule has 0 spiro atoms. The summed E-state index contributed by atoms with van der Waals surface area (Å²) in [7, 11) is 0. The predicted molar refractivity (Wildman–Crippen MR) is 71.7 cm³/mol. The van der Waals surface area contributed by atoms with Gasteiger partial charge in [0.2, 0.25) is 0 Å². The van der Waals surface area contributed by atoms with Crippen LogP contribution in [-0.2, 0) is 6.54 Å². The molecule has 2 N–H and O–H groups in total. The molecule has 0 aromatic heterocycles. The molecule has 1 nitrogen and oxygen atoms in total. The number of halogens is 2. The van der Waals surface area contributed by atoms with E-state index in [4.69, 9.17) is 5.73 Å². The lowest BCUT2D eigenvalue weighted by Gasteiger charge is -2.05. The van der Waals surface area contributed by atoms with E-state index in [1.165, 1.54) is 6.07 Å². The van der Waals surface area contributed by atoms with Crippen LogP contribution in [0.1, 0.15) is 11.1 Å². The summed E-state index contributed by atoms with van der Waals surface area (Å²) in [5.74, 6) is -0.165. The minimum absolute atomic E-state index is 0. The highest BCUT2D eigenvalue weighted by atomic mass is 35.5. The lowest BCUT2D eigenvalue weighted by atomic mass is 10.0. The normalized spacial score (nSPS) is 9.82. The molecule has 0 saturated heterocycles. The summed E-state index contributed by atoms with van der Waals surface area (Å²) in [6, 6.07) is 13.2. The number of rotatable bonds is 2. The van der Waals surface area contributed by atoms with Gasteiger partial charge in [-0.05, 0) is 41.3 Å². The third kappa shape index (κ3) is 3.05. The number of hydrogen-bond acceptors (Lipinski definition) is 1. The fourth-order valence-electron chi connectivity index (χ4n) is 1.66. The van der Waals surface area contributed by atoms with Crippen molar-refractivity contribution in [3.8, 4) is 11.1 Å². The second-order valence-electron chi connectivity index (χ2n) is 3.87. The van der Waals surface area contributed by atoms with Crippen molar-refractivity contribution in [3.63, 3.8) is 0 Å². The van der Waals surface area contributed by atoms with Crippen molar-refractivity contribution in [2.75, 3.05) is 0 Å². The summed E-state index contributed by atoms with van der Waals surface area (Å²) in [5, 5.41) is 0. The monoisotopic (exact) mass is 251 g/mol. The van der Waals surface area contributed by atoms with Crippen LogP contribution in [0.5, 0.6) is 0 Å². The van der Waals surface area contributed by atoms with Gasteiger partial charge in [-0.3, -0.25) is 0 Å². The Labute approximate surface area is 107 Å². The molecule has 0 heterocycles. The van der Waals surface area contributed by atoms with Crippen LogP contribution < -0.4 is 5.73 Å². The highest BCUT2D eigenvalue weighted by Gasteiger charge is 2.01. The smallest absolute Gasteiger partial charge is 0.126 e. The van der Waals surface area contributed by atoms with Crippen LogP contribution in [0.2, 0.25) is 0 Å². The van der Waals surface area contributed by atoms with Gasteiger partial charge in [-0.2, -0.15) is 0 Å². The third-order valence-corrected chi connectivity index (χ3v) is 2.68. The van der Waals surface area contributed by atoms with Gasteiger partial charge >= 0.3 is 0 Å². The van der Waals surface area contributed by atoms with Crippen molar-refractivity contribution in [1.29, 1.82) is 0 Å². The Morgan fingerprint density at radius 2 is 1.59 bits per heavy atom. The molecule has 3 heteroatoms. The van der Waals surface area contributed by atoms with Crippen LogP contribution in [0.25, 0.3) is 11.1 Å². The molecule has 0 atom stereocenters. The van der Waals surface area contributed by atoms with Crippen LogP contribution in [-0.4, -0.2) is 0 Å². The van der Waals surface area contributed by atoms with E-state index in [9.17, 15) is 4.39 Å². The van der Waals surface area contributed by atoms with Gasteiger partial charge in [0, 0.05) is 6.54 Å². The van der Waals surface area contributed by atoms with Crippen molar-refractivity contribution in [3.05, 3.63) is 59.4 Å². The molecule has 0 aliphatic carbocycles. The molecule has 0 unspecified atom stereocenters. The highest BCUT2D eigenvalue weighted by Crippen LogP contribution is 2.22. The molecule has 90 valence electrons. The maximum Gasteiger partial charge on any atom is 0.126 e. The van der Waals surface area contributed by atoms with Gasteiger partial charge in [-0.1, -0.05) is 30.3 Å². The average molecular weight is 252 g/mol. The first kappa shape index (κ1) is 13.7. The van der Waals surface area contributed by atoms with Crippen LogP contribution in [0.15, 0.2) is 42.5 Å². The van der Waals surface area contributed by atoms with Crippen molar-refractivity contribution < 1.29 is 4.39 Å². The van der Waals surface area contributed by atoms with E-state index in [0.29, 0.717) is 12.1 Å². The van der Waals surface area contributed by atoms with Gasteiger partial charge in [0.05, 0.1) is 0 Å². The van der Waals surface area contributed by atoms with Gasteiger partial charge in [-0.15, -0.1) is 12.4 Å². The molecule has 0 amide bonds. The van der Waals surface area contributed by atoms with E-state index in [0.717, 1.165) is 16.7 Å². The first-order chi connectivity index (χ1) is 7.70. The quantitative estimate of drug-likeness (QED) is 0.866. The molecule has 0 fully saturated rings. The topological polar surface area (TPSA) is 26.0 Å². The summed E-state index contributed by atoms with van der Waals surface area (Å²) in [4.78, 5) is 0. The Balaban J connectivity index is 0.00000144. The van der Waals surface area contributed by atoms with E-state index in [1.54, 1.807) is 13.0 Å². The van der Waals surface area contributed by atoms with Gasteiger partial charge in [0.15, 0.2) is 0 Å². The second-order valence-corrected chi connectivity index (χ2v) is 3.87. The predicted octanol–water partition coefficient (Wildman–Crippen LogP) is 3.68. The molecule has 17 heavy (non-hydrogen) atoms. The SMILES string of the molecule is Cc1cc(-c2ccc(CN)cc2)ccc1F.Cl. The molecule has 2 rings (SSSR count). The van der Waals surface area contributed by atoms with Crippen LogP contribution in [0.3, 0.4) is 0 Å². The maximum absolute atomic E-state index is 13.1. The van der Waals surface area contributed by atoms with Gasteiger partial charge in [0.25, 0.3) is 0 Å². The summed E-state index contributed by atoms with van der Waals surface area (Å²) < 4.78 is 13.1. The second kappa shape index (κ2) is 5.80. The van der Waals surface area contributed by atoms with Crippen LogP contribution in [0, 0.1) is 12.7 Å². The van der Waals surface area contributed by atoms with Crippen molar-refractivity contribution >= 4 is 12.4 Å². The first-order valence-electron chi connectivity index (χ1n) is 5.26. The third-order valence-electron chi connectivity index (χ3n) is 2.68. The number of nitrogens with two attached hydrogens (primary N) is 1. The number of hydrogen-bond donors (Lipinski definition) is 1. The molecule has 2 aromatic carbocycles. The van der Waals surface area contributed by atoms with Crippen molar-refractivity contribution in [2.45, 2.75) is 13.5 Å². The fraction of sp³-hybridized carbons (Fsp3) is 0.143. The number of benzene rings is 2. The average Bonchev–Trinajstić information content (AvgIpc) is 2.33. The molecular weight excluding hydrogens is 237 g/mol. The first-order valence-corrected chi connectivity index (χ1v) is 5.26. The lowest BCUT2D eigenvalue weighted by molar-refractivity contribution is 0.619. The van der Waals surface area contributed by atoms with E-state index in [1.807, 2.05) is 30.3 Å². The van der Waals surface area contributed by atoms with Crippen LogP contribution >= 0.6 is 12.4 Å². The van der Waals surface area contributed by atoms with Crippen molar-refractivity contribution in [2.24, 2.45) is 5.73 Å². The standard InChI is InChI=1S/C14H14FN.ClH/c1-10-8-13(6-7-14(10)15)12-4-2-11(9-16)3-5-12;/h2-8H,9,16H2,1H3;1H. The lowest BCUT2D eigenvalue weighted by Crippen LogP contribution is -1.95. The van der Waals surface area contributed by atoms with E-state index in [-0.39, 0.29) is 18.2 Å². The summed E-state index contributed by atoms with van der Waals surface area (Å²) in [6.45, 7) is 2.32. The van der Waals surface area contributed by atoms with E-state index >= 15 is 0 Å². The molecule has 0 bridgehead atoms. The zero-order valence-electron chi connectivity index (χ0n) is 9.61. The largest absolute Gasteiger partial charge is 0.326 e. The van der Waals surface area contributed by atoms with Gasteiger partial charge in [0.1, 0.15) is 5.82 Å². The zero-order valence-corrected chi connectivity index (χ0v) is 10.4. The number of aryl methyl sites for hydroxylation is 1. The molecular formula is C14H15ClFN. The highest BCUT2D eigenvalue weighted by molar-refractivity contribution is 5.85. The molecule has 0 radical (unpaired) electrons. The Kier molecular flexibility index (Phi) is 4.67. The minimum atomic E-state index is -0.165. The van der Waals surface area contributed by atoms with E-state index < -0.39 is 0 Å². The zero-order chi connectivity index (χ0) is 11.5. The molecule has 0 aliphatic rings. The van der Waals surface area contributed by atoms with Crippen LogP contribution in [0.4, 0.5) is 4.39 Å². The maximum atomic E-state index is 13.1. The Hall–Kier alpha value is -1.38.